The second-order valence-corrected chi connectivity index (χ2v) is 9.17. The van der Waals surface area contributed by atoms with Crippen LogP contribution in [-0.4, -0.2) is 53.1 Å². The third kappa shape index (κ3) is 5.26. The van der Waals surface area contributed by atoms with Gasteiger partial charge in [-0.05, 0) is 54.5 Å². The summed E-state index contributed by atoms with van der Waals surface area (Å²) < 4.78 is 0. The molecule has 7 heteroatoms. The van der Waals surface area contributed by atoms with Gasteiger partial charge in [0.25, 0.3) is 0 Å². The van der Waals surface area contributed by atoms with E-state index in [2.05, 4.69) is 46.4 Å². The van der Waals surface area contributed by atoms with E-state index in [1.807, 2.05) is 29.2 Å². The lowest BCUT2D eigenvalue weighted by Gasteiger charge is -2.38. The van der Waals surface area contributed by atoms with Crippen LogP contribution in [0.4, 0.5) is 11.5 Å². The number of amides is 2. The Morgan fingerprint density at radius 1 is 1.12 bits per heavy atom. The Labute approximate surface area is 190 Å². The van der Waals surface area contributed by atoms with Gasteiger partial charge in [0, 0.05) is 44.5 Å². The molecule has 2 saturated heterocycles. The maximum absolute atomic E-state index is 12.5. The van der Waals surface area contributed by atoms with Crippen molar-refractivity contribution in [2.75, 3.05) is 36.4 Å². The Bertz CT molecular complexity index is 904. The van der Waals surface area contributed by atoms with E-state index in [1.165, 1.54) is 5.56 Å². The molecule has 2 fully saturated rings. The summed E-state index contributed by atoms with van der Waals surface area (Å²) in [4.78, 5) is 29.0. The van der Waals surface area contributed by atoms with Crippen LogP contribution in [-0.2, 0) is 9.59 Å². The van der Waals surface area contributed by atoms with E-state index in [-0.39, 0.29) is 11.8 Å². The SMILES string of the molecule is CCC(C)CC(=O)N1CCC(c2ccc(NC(=O)C3CN(c4cccnn4)C3)cc2)CC1. The van der Waals surface area contributed by atoms with Crippen LogP contribution in [0.3, 0.4) is 0 Å². The van der Waals surface area contributed by atoms with Crippen LogP contribution in [0.25, 0.3) is 0 Å². The highest BCUT2D eigenvalue weighted by molar-refractivity contribution is 5.94. The highest BCUT2D eigenvalue weighted by atomic mass is 16.2. The second kappa shape index (κ2) is 10.1. The molecule has 1 N–H and O–H groups in total. The van der Waals surface area contributed by atoms with Crippen molar-refractivity contribution >= 4 is 23.3 Å². The lowest BCUT2D eigenvalue weighted by molar-refractivity contribution is -0.133. The first kappa shape index (κ1) is 22.2. The van der Waals surface area contributed by atoms with Gasteiger partial charge < -0.3 is 15.1 Å². The van der Waals surface area contributed by atoms with Gasteiger partial charge in [-0.1, -0.05) is 32.4 Å². The van der Waals surface area contributed by atoms with E-state index < -0.39 is 0 Å². The maximum Gasteiger partial charge on any atom is 0.231 e. The summed E-state index contributed by atoms with van der Waals surface area (Å²) in [5, 5.41) is 11.0. The second-order valence-electron chi connectivity index (χ2n) is 9.17. The number of benzene rings is 1. The highest BCUT2D eigenvalue weighted by Gasteiger charge is 2.33. The molecule has 0 aliphatic carbocycles. The predicted molar refractivity (Wildman–Crippen MR) is 125 cm³/mol. The topological polar surface area (TPSA) is 78.4 Å². The van der Waals surface area contributed by atoms with E-state index in [0.717, 1.165) is 43.9 Å². The molecule has 0 bridgehead atoms. The monoisotopic (exact) mass is 435 g/mol. The van der Waals surface area contributed by atoms with Crippen LogP contribution in [0, 0.1) is 11.8 Å². The minimum absolute atomic E-state index is 0.0334. The summed E-state index contributed by atoms with van der Waals surface area (Å²) in [5.74, 6) is 2.05. The molecule has 2 aromatic rings. The van der Waals surface area contributed by atoms with Gasteiger partial charge >= 0.3 is 0 Å². The summed E-state index contributed by atoms with van der Waals surface area (Å²) >= 11 is 0. The molecular formula is C25H33N5O2. The van der Waals surface area contributed by atoms with E-state index >= 15 is 0 Å². The lowest BCUT2D eigenvalue weighted by Crippen LogP contribution is -2.52. The minimum atomic E-state index is -0.0334. The fourth-order valence-electron chi connectivity index (χ4n) is 4.41. The Kier molecular flexibility index (Phi) is 7.02. The summed E-state index contributed by atoms with van der Waals surface area (Å²) in [7, 11) is 0. The normalized spacial score (nSPS) is 18.2. The molecular weight excluding hydrogens is 402 g/mol. The zero-order chi connectivity index (χ0) is 22.5. The van der Waals surface area contributed by atoms with Gasteiger partial charge in [0.2, 0.25) is 11.8 Å². The first-order chi connectivity index (χ1) is 15.5. The van der Waals surface area contributed by atoms with Gasteiger partial charge in [0.15, 0.2) is 5.82 Å². The van der Waals surface area contributed by atoms with Gasteiger partial charge in [-0.3, -0.25) is 9.59 Å². The van der Waals surface area contributed by atoms with Crippen molar-refractivity contribution in [1.82, 2.24) is 15.1 Å². The summed E-state index contributed by atoms with van der Waals surface area (Å²) in [6, 6.07) is 12.0. The molecule has 32 heavy (non-hydrogen) atoms. The Morgan fingerprint density at radius 2 is 1.84 bits per heavy atom. The molecule has 0 radical (unpaired) electrons. The summed E-state index contributed by atoms with van der Waals surface area (Å²) in [5.41, 5.74) is 2.12. The molecule has 1 unspecified atom stereocenters. The molecule has 2 amide bonds. The molecule has 1 aromatic heterocycles. The van der Waals surface area contributed by atoms with E-state index in [4.69, 9.17) is 0 Å². The number of rotatable bonds is 7. The number of hydrogen-bond donors (Lipinski definition) is 1. The molecule has 4 rings (SSSR count). The number of hydrogen-bond acceptors (Lipinski definition) is 5. The number of nitrogens with zero attached hydrogens (tertiary/aromatic N) is 4. The van der Waals surface area contributed by atoms with Gasteiger partial charge in [-0.2, -0.15) is 5.10 Å². The highest BCUT2D eigenvalue weighted by Crippen LogP contribution is 2.30. The first-order valence-corrected chi connectivity index (χ1v) is 11.7. The van der Waals surface area contributed by atoms with Crippen molar-refractivity contribution in [3.8, 4) is 0 Å². The Balaban J connectivity index is 1.23. The fraction of sp³-hybridized carbons (Fsp3) is 0.520. The van der Waals surface area contributed by atoms with Gasteiger partial charge in [0.05, 0.1) is 5.92 Å². The molecule has 0 saturated carbocycles. The molecule has 170 valence electrons. The number of anilines is 2. The first-order valence-electron chi connectivity index (χ1n) is 11.7. The number of aromatic nitrogens is 2. The van der Waals surface area contributed by atoms with Crippen LogP contribution in [0.1, 0.15) is 51.0 Å². The number of piperidine rings is 1. The van der Waals surface area contributed by atoms with Crippen LogP contribution < -0.4 is 10.2 Å². The Hall–Kier alpha value is -2.96. The lowest BCUT2D eigenvalue weighted by atomic mass is 9.89. The third-order valence-electron chi connectivity index (χ3n) is 6.85. The van der Waals surface area contributed by atoms with Crippen LogP contribution in [0.2, 0.25) is 0 Å². The Morgan fingerprint density at radius 3 is 2.47 bits per heavy atom. The average Bonchev–Trinajstić information content (AvgIpc) is 2.79. The van der Waals surface area contributed by atoms with Gasteiger partial charge in [-0.25, -0.2) is 0 Å². The van der Waals surface area contributed by atoms with E-state index in [1.54, 1.807) is 6.20 Å². The smallest absolute Gasteiger partial charge is 0.231 e. The van der Waals surface area contributed by atoms with Crippen LogP contribution >= 0.6 is 0 Å². The summed E-state index contributed by atoms with van der Waals surface area (Å²) in [6.45, 7) is 7.28. The molecule has 3 heterocycles. The predicted octanol–water partition coefficient (Wildman–Crippen LogP) is 3.69. The molecule has 1 atom stereocenters. The molecule has 7 nitrogen and oxygen atoms in total. The summed E-state index contributed by atoms with van der Waals surface area (Å²) in [6.07, 6.45) is 5.35. The van der Waals surface area contributed by atoms with E-state index in [9.17, 15) is 9.59 Å². The molecule has 2 aliphatic heterocycles. The van der Waals surface area contributed by atoms with E-state index in [0.29, 0.717) is 37.3 Å². The number of carbonyl (C=O) groups is 2. The molecule has 1 aromatic carbocycles. The third-order valence-corrected chi connectivity index (χ3v) is 6.85. The molecule has 2 aliphatic rings. The van der Waals surface area contributed by atoms with Crippen molar-refractivity contribution in [2.45, 2.75) is 45.4 Å². The minimum Gasteiger partial charge on any atom is -0.353 e. The van der Waals surface area contributed by atoms with Crippen molar-refractivity contribution in [2.24, 2.45) is 11.8 Å². The van der Waals surface area contributed by atoms with Crippen molar-refractivity contribution in [1.29, 1.82) is 0 Å². The zero-order valence-corrected chi connectivity index (χ0v) is 19.0. The number of likely N-dealkylation sites (tertiary alicyclic amines) is 1. The fourth-order valence-corrected chi connectivity index (χ4v) is 4.41. The van der Waals surface area contributed by atoms with Crippen molar-refractivity contribution < 1.29 is 9.59 Å². The van der Waals surface area contributed by atoms with Crippen molar-refractivity contribution in [3.63, 3.8) is 0 Å². The standard InChI is InChI=1S/C25H33N5O2/c1-3-18(2)15-24(31)29-13-10-20(11-14-29)19-6-8-22(9-7-19)27-25(32)21-16-30(17-21)23-5-4-12-26-28-23/h4-9,12,18,20-21H,3,10-11,13-17H2,1-2H3,(H,27,32). The average molecular weight is 436 g/mol. The largest absolute Gasteiger partial charge is 0.353 e. The van der Waals surface area contributed by atoms with Gasteiger partial charge in [0.1, 0.15) is 0 Å². The molecule has 0 spiro atoms. The number of nitrogens with one attached hydrogen (secondary N) is 1. The maximum atomic E-state index is 12.5. The van der Waals surface area contributed by atoms with Crippen LogP contribution in [0.5, 0.6) is 0 Å². The van der Waals surface area contributed by atoms with Crippen LogP contribution in [0.15, 0.2) is 42.6 Å². The number of carbonyl (C=O) groups excluding carboxylic acids is 2. The quantitative estimate of drug-likeness (QED) is 0.718. The van der Waals surface area contributed by atoms with Gasteiger partial charge in [-0.15, -0.1) is 5.10 Å². The zero-order valence-electron chi connectivity index (χ0n) is 19.0. The van der Waals surface area contributed by atoms with Crippen molar-refractivity contribution in [3.05, 3.63) is 48.2 Å².